The number of nitrogens with zero attached hydrogens (tertiary/aromatic N) is 3. The van der Waals surface area contributed by atoms with E-state index in [-0.39, 0.29) is 5.91 Å². The van der Waals surface area contributed by atoms with Crippen LogP contribution < -0.4 is 0 Å². The van der Waals surface area contributed by atoms with Crippen LogP contribution in [0.5, 0.6) is 0 Å². The van der Waals surface area contributed by atoms with Crippen LogP contribution in [0.15, 0.2) is 48.7 Å². The highest BCUT2D eigenvalue weighted by atomic mass is 16.3. The molecule has 2 aromatic carbocycles. The van der Waals surface area contributed by atoms with Gasteiger partial charge in [-0.15, -0.1) is 0 Å². The van der Waals surface area contributed by atoms with E-state index in [2.05, 4.69) is 48.4 Å². The minimum Gasteiger partial charge on any atom is -0.389 e. The molecule has 1 N–H and O–H groups in total. The van der Waals surface area contributed by atoms with Crippen molar-refractivity contribution in [1.29, 1.82) is 0 Å². The van der Waals surface area contributed by atoms with Gasteiger partial charge < -0.3 is 10.0 Å². The van der Waals surface area contributed by atoms with Gasteiger partial charge >= 0.3 is 0 Å². The van der Waals surface area contributed by atoms with Crippen LogP contribution in [0.3, 0.4) is 0 Å². The van der Waals surface area contributed by atoms with E-state index in [1.165, 1.54) is 16.7 Å². The number of hydrogen-bond acceptors (Lipinski definition) is 3. The lowest BCUT2D eigenvalue weighted by Gasteiger charge is -2.24. The van der Waals surface area contributed by atoms with Crippen molar-refractivity contribution in [3.05, 3.63) is 76.5 Å². The van der Waals surface area contributed by atoms with E-state index < -0.39 is 5.60 Å². The lowest BCUT2D eigenvalue weighted by molar-refractivity contribution is 0.0314. The fraction of sp³-hybridized carbons (Fsp3) is 0.360. The van der Waals surface area contributed by atoms with Gasteiger partial charge in [-0.05, 0) is 61.1 Å². The van der Waals surface area contributed by atoms with E-state index in [0.29, 0.717) is 13.1 Å². The van der Waals surface area contributed by atoms with E-state index in [1.54, 1.807) is 23.4 Å². The largest absolute Gasteiger partial charge is 0.389 e. The lowest BCUT2D eigenvalue weighted by atomic mass is 9.93. The second-order valence-electron chi connectivity index (χ2n) is 8.85. The van der Waals surface area contributed by atoms with Gasteiger partial charge in [0.05, 0.1) is 11.3 Å². The Hall–Kier alpha value is -2.92. The molecule has 5 heteroatoms. The number of rotatable bonds is 6. The summed E-state index contributed by atoms with van der Waals surface area (Å²) in [5, 5.41) is 14.6. The molecule has 0 bridgehead atoms. The summed E-state index contributed by atoms with van der Waals surface area (Å²) in [6.45, 7) is 6.54. The summed E-state index contributed by atoms with van der Waals surface area (Å²) in [4.78, 5) is 14.6. The van der Waals surface area contributed by atoms with Crippen molar-refractivity contribution in [2.45, 2.75) is 45.8 Å². The van der Waals surface area contributed by atoms with Gasteiger partial charge in [0.25, 0.3) is 5.91 Å². The molecule has 2 heterocycles. The number of carbonyl (C=O) groups excluding carboxylic acids is 1. The smallest absolute Gasteiger partial charge is 0.254 e. The van der Waals surface area contributed by atoms with Gasteiger partial charge in [0.1, 0.15) is 0 Å². The Balaban J connectivity index is 1.58. The highest BCUT2D eigenvalue weighted by Gasteiger charge is 2.31. The number of aryl methyl sites for hydroxylation is 2. The second-order valence-corrected chi connectivity index (χ2v) is 8.85. The van der Waals surface area contributed by atoms with Gasteiger partial charge in [-0.25, -0.2) is 0 Å². The molecule has 3 aromatic rings. The lowest BCUT2D eigenvalue weighted by Crippen LogP contribution is -2.38. The Morgan fingerprint density at radius 3 is 2.43 bits per heavy atom. The van der Waals surface area contributed by atoms with Gasteiger partial charge in [-0.3, -0.25) is 9.48 Å². The first-order valence-electron chi connectivity index (χ1n) is 10.5. The van der Waals surface area contributed by atoms with E-state index in [0.717, 1.165) is 35.2 Å². The summed E-state index contributed by atoms with van der Waals surface area (Å²) in [7, 11) is 1.92. The van der Waals surface area contributed by atoms with Crippen LogP contribution in [0.2, 0.25) is 0 Å². The Bertz CT molecular complexity index is 1070. The summed E-state index contributed by atoms with van der Waals surface area (Å²) in [5.74, 6) is 0.0153. The minimum absolute atomic E-state index is 0.0153. The molecule has 4 rings (SSSR count). The average molecular weight is 404 g/mol. The number of fused-ring (bicyclic) bond motifs is 1. The zero-order valence-corrected chi connectivity index (χ0v) is 18.1. The number of amides is 1. The van der Waals surface area contributed by atoms with Gasteiger partial charge in [-0.1, -0.05) is 37.3 Å². The van der Waals surface area contributed by atoms with Crippen molar-refractivity contribution in [3.8, 4) is 11.3 Å². The molecule has 0 saturated heterocycles. The van der Waals surface area contributed by atoms with Crippen LogP contribution in [0.25, 0.3) is 11.3 Å². The van der Waals surface area contributed by atoms with Crippen molar-refractivity contribution < 1.29 is 9.90 Å². The van der Waals surface area contributed by atoms with Gasteiger partial charge in [-0.2, -0.15) is 5.10 Å². The zero-order valence-electron chi connectivity index (χ0n) is 18.1. The molecule has 1 aliphatic heterocycles. The Kier molecular flexibility index (Phi) is 5.24. The second kappa shape index (κ2) is 7.73. The molecule has 0 aliphatic carbocycles. The number of carbonyl (C=O) groups is 1. The maximum Gasteiger partial charge on any atom is 0.254 e. The van der Waals surface area contributed by atoms with E-state index in [9.17, 15) is 9.90 Å². The van der Waals surface area contributed by atoms with Crippen LogP contribution in [0, 0.1) is 0 Å². The fourth-order valence-electron chi connectivity index (χ4n) is 4.19. The topological polar surface area (TPSA) is 58.4 Å². The number of aliphatic hydroxyl groups is 1. The summed E-state index contributed by atoms with van der Waals surface area (Å²) >= 11 is 0. The quantitative estimate of drug-likeness (QED) is 0.678. The van der Waals surface area contributed by atoms with Crippen molar-refractivity contribution >= 4 is 5.91 Å². The third-order valence-corrected chi connectivity index (χ3v) is 5.62. The van der Waals surface area contributed by atoms with Gasteiger partial charge in [0.2, 0.25) is 0 Å². The molecular weight excluding hydrogens is 374 g/mol. The maximum atomic E-state index is 12.9. The van der Waals surface area contributed by atoms with Crippen LogP contribution in [0.4, 0.5) is 0 Å². The highest BCUT2D eigenvalue weighted by Crippen LogP contribution is 2.29. The van der Waals surface area contributed by atoms with Crippen LogP contribution in [-0.2, 0) is 26.4 Å². The molecule has 30 heavy (non-hydrogen) atoms. The highest BCUT2D eigenvalue weighted by molar-refractivity contribution is 5.98. The molecule has 0 spiro atoms. The van der Waals surface area contributed by atoms with Crippen molar-refractivity contribution in [1.82, 2.24) is 14.7 Å². The van der Waals surface area contributed by atoms with Gasteiger partial charge in [0, 0.05) is 37.5 Å². The molecular formula is C25H29N3O2. The Morgan fingerprint density at radius 2 is 1.83 bits per heavy atom. The molecule has 1 amide bonds. The Labute approximate surface area is 178 Å². The molecule has 0 radical (unpaired) electrons. The van der Waals surface area contributed by atoms with Crippen molar-refractivity contribution in [3.63, 3.8) is 0 Å². The summed E-state index contributed by atoms with van der Waals surface area (Å²) in [6.07, 6.45) is 3.66. The molecule has 156 valence electrons. The van der Waals surface area contributed by atoms with E-state index >= 15 is 0 Å². The van der Waals surface area contributed by atoms with Gasteiger partial charge in [0.15, 0.2) is 0 Å². The SMILES string of the molecule is CCc1cc2c(cc1Cc1ccc(-c3ccn(C)n3)cc1)C(=O)N(CC(C)(C)O)C2. The van der Waals surface area contributed by atoms with Crippen LogP contribution >= 0.6 is 0 Å². The molecule has 0 fully saturated rings. The van der Waals surface area contributed by atoms with Crippen molar-refractivity contribution in [2.24, 2.45) is 7.05 Å². The zero-order chi connectivity index (χ0) is 21.5. The van der Waals surface area contributed by atoms with Crippen LogP contribution in [-0.4, -0.2) is 37.8 Å². The molecule has 0 unspecified atom stereocenters. The molecule has 1 aliphatic rings. The van der Waals surface area contributed by atoms with Crippen LogP contribution in [0.1, 0.15) is 53.4 Å². The molecule has 5 nitrogen and oxygen atoms in total. The predicted molar refractivity (Wildman–Crippen MR) is 118 cm³/mol. The number of benzene rings is 2. The number of aromatic nitrogens is 2. The van der Waals surface area contributed by atoms with E-state index in [1.807, 2.05) is 19.3 Å². The standard InChI is InChI=1S/C25H29N3O2/c1-5-18-13-21-15-28(16-25(2,3)30)24(29)22(21)14-20(18)12-17-6-8-19(9-7-17)23-10-11-27(4)26-23/h6-11,13-14,30H,5,12,15-16H2,1-4H3. The molecule has 0 atom stereocenters. The first-order chi connectivity index (χ1) is 14.2. The number of hydrogen-bond donors (Lipinski definition) is 1. The maximum absolute atomic E-state index is 12.9. The first kappa shape index (κ1) is 20.4. The minimum atomic E-state index is -0.899. The summed E-state index contributed by atoms with van der Waals surface area (Å²) in [6, 6.07) is 14.7. The fourth-order valence-corrected chi connectivity index (χ4v) is 4.19. The molecule has 0 saturated carbocycles. The number of β-amino-alcohol motifs (C(OH)–C–C–N with tert-alkyl or cyclic N) is 1. The Morgan fingerprint density at radius 1 is 1.10 bits per heavy atom. The normalized spacial score (nSPS) is 13.8. The van der Waals surface area contributed by atoms with E-state index in [4.69, 9.17) is 0 Å². The third-order valence-electron chi connectivity index (χ3n) is 5.62. The third kappa shape index (κ3) is 4.17. The molecule has 1 aromatic heterocycles. The summed E-state index contributed by atoms with van der Waals surface area (Å²) in [5.41, 5.74) is 6.69. The monoisotopic (exact) mass is 403 g/mol. The van der Waals surface area contributed by atoms with Crippen molar-refractivity contribution in [2.75, 3.05) is 6.54 Å². The first-order valence-corrected chi connectivity index (χ1v) is 10.5. The average Bonchev–Trinajstić information content (AvgIpc) is 3.24. The summed E-state index contributed by atoms with van der Waals surface area (Å²) < 4.78 is 1.81. The predicted octanol–water partition coefficient (Wildman–Crippen LogP) is 3.97.